The topological polar surface area (TPSA) is 36.5 Å². The number of rotatable bonds is 0. The molecule has 1 nitrogen and oxygen atoms in total. The summed E-state index contributed by atoms with van der Waals surface area (Å²) in [4.78, 5) is 0. The van der Waals surface area contributed by atoms with Crippen molar-refractivity contribution in [3.05, 3.63) is 0 Å². The molecule has 0 aromatic carbocycles. The predicted octanol–water partition coefficient (Wildman–Crippen LogP) is -2.20. The first-order valence-corrected chi connectivity index (χ1v) is 0. The largest absolute Gasteiger partial charge is 1.00 e. The van der Waals surface area contributed by atoms with Gasteiger partial charge in [-0.25, -0.2) is 0 Å². The maximum absolute atomic E-state index is 0. The molecule has 5 heteroatoms. The molecule has 0 amide bonds. The Bertz CT molecular complexity index is 9.61. The normalized spacial score (nSPS) is 0. The first-order chi connectivity index (χ1) is 0. The monoisotopic (exact) mass is 559 g/mol. The van der Waals surface area contributed by atoms with Gasteiger partial charge in [0.25, 0.3) is 0 Å². The molecule has 0 rings (SSSR count). The van der Waals surface area contributed by atoms with E-state index >= 15 is 0 Å². The number of hydrogen-bond donors (Lipinski definition) is 1. The Morgan fingerprint density at radius 1 is 1.00 bits per heavy atom. The zero-order valence-corrected chi connectivity index (χ0v) is 12.6. The van der Waals surface area contributed by atoms with E-state index in [1.54, 1.807) is 0 Å². The summed E-state index contributed by atoms with van der Waals surface area (Å²) in [7, 11) is 0. The van der Waals surface area contributed by atoms with Gasteiger partial charge >= 0.3 is 0 Å². The van der Waals surface area contributed by atoms with Crippen LogP contribution in [0.15, 0.2) is 0 Å². The maximum Gasteiger partial charge on any atom is 0 e. The zero-order chi connectivity index (χ0) is 0. The summed E-state index contributed by atoms with van der Waals surface area (Å²) in [6.07, 6.45) is 0. The van der Waals surface area contributed by atoms with Crippen LogP contribution in [0.5, 0.6) is 0 Å². The Kier molecular flexibility index (Phi) is 253. The summed E-state index contributed by atoms with van der Waals surface area (Å²) < 4.78 is 0. The van der Waals surface area contributed by atoms with Crippen LogP contribution in [-0.2, 0) is 0 Å². The second-order valence-corrected chi connectivity index (χ2v) is 0. The van der Waals surface area contributed by atoms with Gasteiger partial charge in [-0.2, -0.15) is 0 Å². The minimum Gasteiger partial charge on any atom is -1.00 e. The molecule has 0 fully saturated rings. The fourth-order valence-electron chi connectivity index (χ4n) is 0. The fourth-order valence-corrected chi connectivity index (χ4v) is 0. The molecule has 0 radical (unpaired) electrons. The summed E-state index contributed by atoms with van der Waals surface area (Å²) in [5.74, 6) is 0. The van der Waals surface area contributed by atoms with Crippen molar-refractivity contribution in [2.24, 2.45) is 0 Å². The van der Waals surface area contributed by atoms with Gasteiger partial charge in [0.15, 0.2) is 0 Å². The van der Waals surface area contributed by atoms with Gasteiger partial charge in [-0.1, -0.05) is 0 Å². The van der Waals surface area contributed by atoms with Crippen molar-refractivity contribution in [3.63, 3.8) is 0 Å². The van der Waals surface area contributed by atoms with Crippen LogP contribution in [0.25, 0.3) is 0 Å². The van der Waals surface area contributed by atoms with E-state index < -0.39 is 0 Å². The van der Waals surface area contributed by atoms with Crippen molar-refractivity contribution in [1.82, 2.24) is 6.15 Å². The summed E-state index contributed by atoms with van der Waals surface area (Å²) >= 11 is 0. The van der Waals surface area contributed by atoms with Gasteiger partial charge in [0.1, 0.15) is 0 Å². The average Bonchev–Trinajstić information content (AvgIpc) is 0. The summed E-state index contributed by atoms with van der Waals surface area (Å²) in [5.41, 5.74) is 0. The van der Waals surface area contributed by atoms with E-state index in [0.29, 0.717) is 0 Å². The Hall–Kier alpha value is 2.92. The predicted molar refractivity (Wildman–Crippen MR) is 13.2 cm³/mol. The molecule has 4 N–H and O–H groups in total. The number of hydrogen-bond acceptors (Lipinski definition) is 0. The van der Waals surface area contributed by atoms with Crippen molar-refractivity contribution in [3.8, 4) is 0 Å². The van der Waals surface area contributed by atoms with Crippen LogP contribution < -0.4 is 18.6 Å². The van der Waals surface area contributed by atoms with Crippen LogP contribution in [0, 0.1) is 71.1 Å². The third-order valence-electron chi connectivity index (χ3n) is 0. The van der Waals surface area contributed by atoms with Crippen LogP contribution in [-0.4, -0.2) is 0 Å². The molecule has 0 aliphatic rings. The van der Waals surface area contributed by atoms with Gasteiger partial charge in [-0.15, -0.1) is 12.4 Å². The quantitative estimate of drug-likeness (QED) is 0.350. The minimum atomic E-state index is 0. The molecule has 0 aromatic heterocycles. The van der Waals surface area contributed by atoms with Crippen molar-refractivity contribution in [2.45, 2.75) is 0 Å². The second kappa shape index (κ2) is 28.5. The van der Waals surface area contributed by atoms with E-state index in [2.05, 4.69) is 0 Å². The Morgan fingerprint density at radius 2 is 1.00 bits per heavy atom. The standard InChI is InChI=1S/2ClH.H3N.Th.U/h2*1H;1H3;;. The minimum absolute atomic E-state index is 0. The van der Waals surface area contributed by atoms with E-state index in [4.69, 9.17) is 0 Å². The van der Waals surface area contributed by atoms with Crippen molar-refractivity contribution < 1.29 is 83.5 Å². The molecule has 32 valence electrons. The van der Waals surface area contributed by atoms with Crippen LogP contribution >= 0.6 is 12.4 Å². The second-order valence-electron chi connectivity index (χ2n) is 0. The fraction of sp³-hybridized carbons (Fsp3) is 0. The molecule has 0 heterocycles. The molecule has 0 atom stereocenters. The molecule has 0 aliphatic heterocycles. The van der Waals surface area contributed by atoms with E-state index in [1.807, 2.05) is 0 Å². The summed E-state index contributed by atoms with van der Waals surface area (Å²) in [6.45, 7) is 0. The number of halogens is 2. The molecule has 0 saturated heterocycles. The molecule has 0 aromatic rings. The van der Waals surface area contributed by atoms with Crippen LogP contribution in [0.2, 0.25) is 0 Å². The van der Waals surface area contributed by atoms with E-state index in [0.717, 1.165) is 0 Å². The summed E-state index contributed by atoms with van der Waals surface area (Å²) in [6, 6.07) is 0. The smallest absolute Gasteiger partial charge is 0 e. The first-order valence-electron chi connectivity index (χ1n) is 0. The third kappa shape index (κ3) is 19.7. The van der Waals surface area contributed by atoms with Crippen LogP contribution in [0.4, 0.5) is 0 Å². The Balaban J connectivity index is 0. The van der Waals surface area contributed by atoms with Crippen molar-refractivity contribution in [2.75, 3.05) is 0 Å². The van der Waals surface area contributed by atoms with Gasteiger partial charge in [0, 0.05) is 71.1 Å². The van der Waals surface area contributed by atoms with Gasteiger partial charge in [0.2, 0.25) is 0 Å². The van der Waals surface area contributed by atoms with Crippen molar-refractivity contribution in [1.29, 1.82) is 0 Å². The average molecular weight is 560 g/mol. The number of quaternary nitrogens is 1. The van der Waals surface area contributed by atoms with Crippen LogP contribution in [0.1, 0.15) is 0 Å². The maximum atomic E-state index is 0. The first kappa shape index (κ1) is 44.5. The van der Waals surface area contributed by atoms with Gasteiger partial charge in [0.05, 0.1) is 0 Å². The molecule has 0 aliphatic carbocycles. The zero-order valence-electron chi connectivity index (χ0n) is 2.79. The van der Waals surface area contributed by atoms with E-state index in [1.165, 1.54) is 0 Å². The van der Waals surface area contributed by atoms with Gasteiger partial charge < -0.3 is 18.6 Å². The molecule has 0 unspecified atom stereocenters. The molecular weight excluding hydrogens is 555 g/mol. The van der Waals surface area contributed by atoms with Crippen molar-refractivity contribution >= 4 is 12.4 Å². The van der Waals surface area contributed by atoms with E-state index in [9.17, 15) is 0 Å². The Labute approximate surface area is 99.9 Å². The SMILES string of the molecule is Cl.[Cl-].[NH4+].[Th].[U]. The summed E-state index contributed by atoms with van der Waals surface area (Å²) in [5, 5.41) is 0. The van der Waals surface area contributed by atoms with Gasteiger partial charge in [-0.05, 0) is 0 Å². The van der Waals surface area contributed by atoms with Crippen LogP contribution in [0.3, 0.4) is 0 Å². The molecule has 0 saturated carbocycles. The van der Waals surface area contributed by atoms with E-state index in [-0.39, 0.29) is 102 Å². The molecule has 5 heavy (non-hydrogen) atoms. The molecule has 0 spiro atoms. The third-order valence-corrected chi connectivity index (χ3v) is 0. The molecule has 0 bridgehead atoms. The molecular formula is H5Cl2NThU. The Morgan fingerprint density at radius 3 is 1.00 bits per heavy atom. The van der Waals surface area contributed by atoms with Gasteiger partial charge in [-0.3, -0.25) is 0 Å².